The van der Waals surface area contributed by atoms with Crippen LogP contribution in [0.3, 0.4) is 0 Å². The van der Waals surface area contributed by atoms with Crippen molar-refractivity contribution < 1.29 is 19.1 Å². The van der Waals surface area contributed by atoms with Gasteiger partial charge in [-0.05, 0) is 34.5 Å². The number of rotatable bonds is 6. The first-order chi connectivity index (χ1) is 10.1. The molecule has 2 heterocycles. The maximum atomic E-state index is 11.9. The molecule has 0 N–H and O–H groups in total. The molecule has 0 aliphatic carbocycles. The second-order valence-corrected chi connectivity index (χ2v) is 5.46. The lowest BCUT2D eigenvalue weighted by molar-refractivity contribution is -0.143. The summed E-state index contributed by atoms with van der Waals surface area (Å²) in [5.41, 5.74) is 0. The van der Waals surface area contributed by atoms with Gasteiger partial charge in [0.05, 0.1) is 6.61 Å². The van der Waals surface area contributed by atoms with Gasteiger partial charge in [0.1, 0.15) is 11.1 Å². The molecule has 1 aromatic rings. The molecule has 1 aliphatic heterocycles. The molecule has 0 atom stereocenters. The first-order valence-corrected chi connectivity index (χ1v) is 7.66. The van der Waals surface area contributed by atoms with E-state index >= 15 is 0 Å². The van der Waals surface area contributed by atoms with E-state index in [0.717, 1.165) is 19.3 Å². The third-order valence-corrected chi connectivity index (χ3v) is 3.45. The normalized spacial score (nSPS) is 13.6. The van der Waals surface area contributed by atoms with Crippen LogP contribution in [0, 0.1) is 0 Å². The summed E-state index contributed by atoms with van der Waals surface area (Å²) in [6.07, 6.45) is 2.91. The molecule has 0 fully saturated rings. The number of pyridine rings is 1. The number of hydrogen-bond acceptors (Lipinski definition) is 5. The highest BCUT2D eigenvalue weighted by atomic mass is 79.9. The highest BCUT2D eigenvalue weighted by Crippen LogP contribution is 2.31. The Hall–Kier alpha value is -1.63. The number of esters is 1. The Morgan fingerprint density at radius 2 is 2.29 bits per heavy atom. The largest absolute Gasteiger partial charge is 0.480 e. The van der Waals surface area contributed by atoms with Crippen LogP contribution in [0.25, 0.3) is 0 Å². The van der Waals surface area contributed by atoms with Crippen molar-refractivity contribution in [3.63, 3.8) is 0 Å². The third kappa shape index (κ3) is 4.17. The minimum Gasteiger partial charge on any atom is -0.480 e. The fraction of sp³-hybridized carbons (Fsp3) is 0.500. The number of anilines is 1. The lowest BCUT2D eigenvalue weighted by Gasteiger charge is -2.27. The number of halogens is 1. The Morgan fingerprint density at radius 1 is 1.48 bits per heavy atom. The Morgan fingerprint density at radius 3 is 3.05 bits per heavy atom. The summed E-state index contributed by atoms with van der Waals surface area (Å²) in [7, 11) is 0. The molecule has 114 valence electrons. The van der Waals surface area contributed by atoms with E-state index in [1.165, 1.54) is 4.90 Å². The molecule has 0 spiro atoms. The highest BCUT2D eigenvalue weighted by molar-refractivity contribution is 9.10. The summed E-state index contributed by atoms with van der Waals surface area (Å²) in [4.78, 5) is 29.2. The van der Waals surface area contributed by atoms with Crippen molar-refractivity contribution in [1.29, 1.82) is 0 Å². The summed E-state index contributed by atoms with van der Waals surface area (Å²) < 4.78 is 11.0. The van der Waals surface area contributed by atoms with Crippen molar-refractivity contribution in [3.05, 3.63) is 16.7 Å². The summed E-state index contributed by atoms with van der Waals surface area (Å²) in [5.74, 6) is 0.0791. The number of carbonyl (C=O) groups excluding carboxylic acids is 2. The second kappa shape index (κ2) is 7.40. The molecule has 0 bridgehead atoms. The number of amides is 1. The van der Waals surface area contributed by atoms with Crippen molar-refractivity contribution in [3.8, 4) is 5.75 Å². The molecule has 6 nitrogen and oxygen atoms in total. The highest BCUT2D eigenvalue weighted by Gasteiger charge is 2.29. The zero-order valence-electron chi connectivity index (χ0n) is 11.8. The SMILES string of the molecule is CCCCCOC(=O)CN1C(=O)COc2ccc(Br)nc21. The summed E-state index contributed by atoms with van der Waals surface area (Å²) >= 11 is 3.24. The molecular weight excluding hydrogens is 340 g/mol. The molecule has 0 radical (unpaired) electrons. The Labute approximate surface area is 131 Å². The predicted octanol–water partition coefficient (Wildman–Crippen LogP) is 2.30. The zero-order valence-corrected chi connectivity index (χ0v) is 13.4. The number of hydrogen-bond donors (Lipinski definition) is 0. The van der Waals surface area contributed by atoms with E-state index in [4.69, 9.17) is 9.47 Å². The van der Waals surface area contributed by atoms with Gasteiger partial charge < -0.3 is 9.47 Å². The van der Waals surface area contributed by atoms with Gasteiger partial charge in [0.25, 0.3) is 5.91 Å². The first-order valence-electron chi connectivity index (χ1n) is 6.87. The first kappa shape index (κ1) is 15.8. The van der Waals surface area contributed by atoms with E-state index in [9.17, 15) is 9.59 Å². The number of unbranched alkanes of at least 4 members (excludes halogenated alkanes) is 2. The molecule has 0 saturated heterocycles. The standard InChI is InChI=1S/C14H17BrN2O4/c1-2-3-4-7-20-13(19)8-17-12(18)9-21-10-5-6-11(15)16-14(10)17/h5-6H,2-4,7-9H2,1H3. The maximum Gasteiger partial charge on any atom is 0.326 e. The van der Waals surface area contributed by atoms with E-state index in [1.54, 1.807) is 12.1 Å². The smallest absolute Gasteiger partial charge is 0.326 e. The van der Waals surface area contributed by atoms with E-state index in [0.29, 0.717) is 22.8 Å². The minimum atomic E-state index is -0.436. The quantitative estimate of drug-likeness (QED) is 0.444. The maximum absolute atomic E-state index is 11.9. The van der Waals surface area contributed by atoms with Crippen LogP contribution in [-0.2, 0) is 14.3 Å². The minimum absolute atomic E-state index is 0.0978. The molecule has 21 heavy (non-hydrogen) atoms. The Balaban J connectivity index is 2.01. The van der Waals surface area contributed by atoms with E-state index in [2.05, 4.69) is 27.8 Å². The summed E-state index contributed by atoms with van der Waals surface area (Å²) in [5, 5.41) is 0. The van der Waals surface area contributed by atoms with Crippen LogP contribution >= 0.6 is 15.9 Å². The molecular formula is C14H17BrN2O4. The number of fused-ring (bicyclic) bond motifs is 1. The number of carbonyl (C=O) groups is 2. The van der Waals surface area contributed by atoms with Crippen LogP contribution in [0.5, 0.6) is 5.75 Å². The van der Waals surface area contributed by atoms with E-state index in [-0.39, 0.29) is 19.1 Å². The lowest BCUT2D eigenvalue weighted by atomic mass is 10.3. The van der Waals surface area contributed by atoms with Crippen molar-refractivity contribution in [2.75, 3.05) is 24.7 Å². The van der Waals surface area contributed by atoms with Gasteiger partial charge in [0.15, 0.2) is 18.2 Å². The van der Waals surface area contributed by atoms with Crippen LogP contribution in [0.1, 0.15) is 26.2 Å². The van der Waals surface area contributed by atoms with Crippen molar-refractivity contribution in [1.82, 2.24) is 4.98 Å². The van der Waals surface area contributed by atoms with Gasteiger partial charge in [0, 0.05) is 0 Å². The fourth-order valence-corrected chi connectivity index (χ4v) is 2.23. The summed E-state index contributed by atoms with van der Waals surface area (Å²) in [6.45, 7) is 2.21. The molecule has 1 aliphatic rings. The zero-order chi connectivity index (χ0) is 15.2. The molecule has 0 saturated carbocycles. The van der Waals surface area contributed by atoms with Gasteiger partial charge >= 0.3 is 5.97 Å². The van der Waals surface area contributed by atoms with Gasteiger partial charge in [-0.3, -0.25) is 14.5 Å². The van der Waals surface area contributed by atoms with Crippen molar-refractivity contribution in [2.24, 2.45) is 0 Å². The van der Waals surface area contributed by atoms with Crippen LogP contribution in [0.15, 0.2) is 16.7 Å². The Bertz CT molecular complexity index is 536. The van der Waals surface area contributed by atoms with Gasteiger partial charge in [0.2, 0.25) is 0 Å². The molecule has 2 rings (SSSR count). The topological polar surface area (TPSA) is 68.7 Å². The molecule has 1 aromatic heterocycles. The third-order valence-electron chi connectivity index (χ3n) is 3.01. The Kier molecular flexibility index (Phi) is 5.55. The van der Waals surface area contributed by atoms with Crippen LogP contribution in [0.4, 0.5) is 5.82 Å². The van der Waals surface area contributed by atoms with Crippen molar-refractivity contribution >= 4 is 33.6 Å². The number of ether oxygens (including phenoxy) is 2. The number of nitrogens with zero attached hydrogens (tertiary/aromatic N) is 2. The average molecular weight is 357 g/mol. The van der Waals surface area contributed by atoms with Gasteiger partial charge in [-0.1, -0.05) is 19.8 Å². The van der Waals surface area contributed by atoms with Crippen LogP contribution in [-0.4, -0.2) is 36.6 Å². The predicted molar refractivity (Wildman–Crippen MR) is 80.3 cm³/mol. The van der Waals surface area contributed by atoms with E-state index < -0.39 is 5.97 Å². The second-order valence-electron chi connectivity index (χ2n) is 4.65. The van der Waals surface area contributed by atoms with Gasteiger partial charge in [-0.2, -0.15) is 0 Å². The molecule has 0 aromatic carbocycles. The van der Waals surface area contributed by atoms with Crippen molar-refractivity contribution in [2.45, 2.75) is 26.2 Å². The average Bonchev–Trinajstić information content (AvgIpc) is 2.47. The molecule has 0 unspecified atom stereocenters. The van der Waals surface area contributed by atoms with Gasteiger partial charge in [-0.25, -0.2) is 4.98 Å². The van der Waals surface area contributed by atoms with Gasteiger partial charge in [-0.15, -0.1) is 0 Å². The lowest BCUT2D eigenvalue weighted by Crippen LogP contribution is -2.43. The molecule has 1 amide bonds. The number of aromatic nitrogens is 1. The fourth-order valence-electron chi connectivity index (χ4n) is 1.93. The molecule has 7 heteroatoms. The summed E-state index contributed by atoms with van der Waals surface area (Å²) in [6, 6.07) is 3.42. The van der Waals surface area contributed by atoms with E-state index in [1.807, 2.05) is 0 Å². The van der Waals surface area contributed by atoms with Crippen LogP contribution < -0.4 is 9.64 Å². The monoisotopic (exact) mass is 356 g/mol. The van der Waals surface area contributed by atoms with Crippen LogP contribution in [0.2, 0.25) is 0 Å².